The fourth-order valence-corrected chi connectivity index (χ4v) is 6.58. The van der Waals surface area contributed by atoms with E-state index in [1.165, 1.54) is 0 Å². The first kappa shape index (κ1) is 35.3. The quantitative estimate of drug-likeness (QED) is 0.0850. The van der Waals surface area contributed by atoms with Crippen LogP contribution in [0.25, 0.3) is 4.85 Å². The summed E-state index contributed by atoms with van der Waals surface area (Å²) in [6.45, 7) is 11.8. The smallest absolute Gasteiger partial charge is 0.423 e. The third kappa shape index (κ3) is 8.58. The molecule has 1 atom stereocenters. The van der Waals surface area contributed by atoms with E-state index in [2.05, 4.69) is 21.5 Å². The molecule has 0 aliphatic carbocycles. The number of benzene rings is 3. The Morgan fingerprint density at radius 2 is 1.78 bits per heavy atom. The van der Waals surface area contributed by atoms with Gasteiger partial charge < -0.3 is 34.1 Å². The van der Waals surface area contributed by atoms with Crippen molar-refractivity contribution < 1.29 is 38.3 Å². The Bertz CT molecular complexity index is 1760. The van der Waals surface area contributed by atoms with Gasteiger partial charge in [-0.1, -0.05) is 48.0 Å². The molecule has 1 unspecified atom stereocenters. The fraction of sp³-hybridized carbons (Fsp3) is 0.405. The van der Waals surface area contributed by atoms with E-state index in [1.54, 1.807) is 11.0 Å². The number of ether oxygens (including phenoxy) is 3. The zero-order valence-corrected chi connectivity index (χ0v) is 27.9. The van der Waals surface area contributed by atoms with Crippen LogP contribution in [0.2, 0.25) is 0 Å². The van der Waals surface area contributed by atoms with Crippen LogP contribution < -0.4 is 16.1 Å². The second-order valence-corrected chi connectivity index (χ2v) is 12.5. The Morgan fingerprint density at radius 1 is 0.980 bits per heavy atom. The molecule has 0 bridgehead atoms. The van der Waals surface area contributed by atoms with E-state index >= 15 is 0 Å². The summed E-state index contributed by atoms with van der Waals surface area (Å²) in [4.78, 5) is 42.0. The van der Waals surface area contributed by atoms with Gasteiger partial charge in [-0.15, -0.1) is 0 Å². The normalized spacial score (nSPS) is 16.7. The molecule has 3 N–H and O–H groups in total. The molecule has 3 aromatic rings. The molecular weight excluding hydrogens is 639 g/mol. The first-order valence-corrected chi connectivity index (χ1v) is 17.1. The number of nitrogens with zero attached hydrogens (tertiary/aromatic N) is 2. The van der Waals surface area contributed by atoms with E-state index < -0.39 is 19.1 Å². The van der Waals surface area contributed by atoms with Gasteiger partial charge in [-0.3, -0.25) is 19.7 Å². The van der Waals surface area contributed by atoms with Crippen LogP contribution in [0.4, 0.5) is 11.4 Å². The van der Waals surface area contributed by atoms with Gasteiger partial charge in [0.2, 0.25) is 11.8 Å². The van der Waals surface area contributed by atoms with E-state index in [9.17, 15) is 19.4 Å². The zero-order valence-electron chi connectivity index (χ0n) is 27.9. The van der Waals surface area contributed by atoms with Crippen molar-refractivity contribution in [1.82, 2.24) is 10.2 Å². The molecule has 1 fully saturated rings. The van der Waals surface area contributed by atoms with E-state index in [4.69, 9.17) is 25.4 Å². The number of rotatable bonds is 17. The van der Waals surface area contributed by atoms with Crippen LogP contribution in [-0.4, -0.2) is 87.0 Å². The summed E-state index contributed by atoms with van der Waals surface area (Å²) in [6.07, 6.45) is 2.73. The number of fused-ring (bicyclic) bond motifs is 2. The van der Waals surface area contributed by atoms with Crippen LogP contribution >= 0.6 is 0 Å². The van der Waals surface area contributed by atoms with Gasteiger partial charge in [0.1, 0.15) is 6.04 Å². The predicted octanol–water partition coefficient (Wildman–Crippen LogP) is 2.90. The van der Waals surface area contributed by atoms with Crippen molar-refractivity contribution in [1.29, 1.82) is 0 Å². The molecular formula is C37H41BN4O8. The Labute approximate surface area is 292 Å². The highest BCUT2D eigenvalue weighted by Gasteiger charge is 2.39. The van der Waals surface area contributed by atoms with Gasteiger partial charge in [0.25, 0.3) is 5.91 Å². The number of carbonyl (C=O) groups excluding carboxylic acids is 3. The fourth-order valence-electron chi connectivity index (χ4n) is 6.58. The molecule has 0 radical (unpaired) electrons. The highest BCUT2D eigenvalue weighted by Crippen LogP contribution is 2.32. The summed E-state index contributed by atoms with van der Waals surface area (Å²) in [5.74, 6) is -0.900. The van der Waals surface area contributed by atoms with Gasteiger partial charge in [-0.25, -0.2) is 4.85 Å². The summed E-state index contributed by atoms with van der Waals surface area (Å²) in [5, 5.41) is 15.6. The van der Waals surface area contributed by atoms with Crippen molar-refractivity contribution in [2.75, 3.05) is 51.5 Å². The van der Waals surface area contributed by atoms with E-state index in [1.807, 2.05) is 42.5 Å². The second-order valence-electron chi connectivity index (χ2n) is 12.5. The van der Waals surface area contributed by atoms with Crippen molar-refractivity contribution >= 4 is 41.7 Å². The average Bonchev–Trinajstić information content (AvgIpc) is 3.66. The van der Waals surface area contributed by atoms with Crippen LogP contribution in [0, 0.1) is 6.57 Å². The summed E-state index contributed by atoms with van der Waals surface area (Å²) >= 11 is 0. The van der Waals surface area contributed by atoms with Gasteiger partial charge in [0.05, 0.1) is 46.2 Å². The monoisotopic (exact) mass is 680 g/mol. The predicted molar refractivity (Wildman–Crippen MR) is 186 cm³/mol. The van der Waals surface area contributed by atoms with Gasteiger partial charge in [-0.2, -0.15) is 0 Å². The maximum absolute atomic E-state index is 13.0. The highest BCUT2D eigenvalue weighted by atomic mass is 16.5. The summed E-state index contributed by atoms with van der Waals surface area (Å²) in [7, 11) is -0.857. The Hall–Kier alpha value is -4.58. The third-order valence-electron chi connectivity index (χ3n) is 9.21. The van der Waals surface area contributed by atoms with Crippen molar-refractivity contribution in [2.24, 2.45) is 0 Å². The molecule has 6 rings (SSSR count). The summed E-state index contributed by atoms with van der Waals surface area (Å²) in [5.41, 5.74) is 8.06. The number of nitrogens with one attached hydrogen (secondary N) is 2. The number of piperidine rings is 1. The zero-order chi connectivity index (χ0) is 34.9. The topological polar surface area (TPSA) is 140 Å². The molecule has 3 heterocycles. The Kier molecular flexibility index (Phi) is 11.9. The molecule has 13 heteroatoms. The van der Waals surface area contributed by atoms with Crippen molar-refractivity contribution in [3.63, 3.8) is 0 Å². The lowest BCUT2D eigenvalue weighted by Gasteiger charge is -2.29. The molecule has 50 heavy (non-hydrogen) atoms. The number of hydrogen-bond acceptors (Lipinski definition) is 9. The van der Waals surface area contributed by atoms with Gasteiger partial charge in [0, 0.05) is 42.9 Å². The van der Waals surface area contributed by atoms with E-state index in [0.29, 0.717) is 83.4 Å². The van der Waals surface area contributed by atoms with Crippen LogP contribution in [-0.2, 0) is 54.4 Å². The third-order valence-corrected chi connectivity index (χ3v) is 9.21. The van der Waals surface area contributed by atoms with Crippen molar-refractivity contribution in [3.05, 3.63) is 99.4 Å². The Morgan fingerprint density at radius 3 is 2.58 bits per heavy atom. The molecule has 0 aromatic heterocycles. The van der Waals surface area contributed by atoms with Crippen LogP contribution in [0.3, 0.4) is 0 Å². The molecule has 12 nitrogen and oxygen atoms in total. The average molecular weight is 681 g/mol. The van der Waals surface area contributed by atoms with Crippen LogP contribution in [0.15, 0.2) is 54.6 Å². The molecule has 260 valence electrons. The lowest BCUT2D eigenvalue weighted by molar-refractivity contribution is -0.136. The summed E-state index contributed by atoms with van der Waals surface area (Å²) in [6, 6.07) is 16.7. The van der Waals surface area contributed by atoms with Gasteiger partial charge in [0.15, 0.2) is 5.69 Å². The number of anilines is 1. The number of amides is 3. The number of imide groups is 1. The minimum Gasteiger partial charge on any atom is -0.423 e. The Balaban J connectivity index is 0.831. The lowest BCUT2D eigenvalue weighted by atomic mass is 9.79. The van der Waals surface area contributed by atoms with Crippen molar-refractivity contribution in [3.8, 4) is 0 Å². The minimum absolute atomic E-state index is 0.186. The van der Waals surface area contributed by atoms with Crippen molar-refractivity contribution in [2.45, 2.75) is 51.3 Å². The number of hydrogen-bond donors (Lipinski definition) is 3. The molecule has 3 aliphatic heterocycles. The largest absolute Gasteiger partial charge is 0.491 e. The molecule has 0 saturated carbocycles. The molecule has 0 spiro atoms. The maximum atomic E-state index is 13.0. The lowest BCUT2D eigenvalue weighted by Crippen LogP contribution is -2.52. The molecule has 1 saturated heterocycles. The summed E-state index contributed by atoms with van der Waals surface area (Å²) < 4.78 is 22.5. The van der Waals surface area contributed by atoms with Gasteiger partial charge >= 0.3 is 7.12 Å². The van der Waals surface area contributed by atoms with Crippen LogP contribution in [0.5, 0.6) is 0 Å². The first-order chi connectivity index (χ1) is 24.4. The molecule has 3 aromatic carbocycles. The molecule has 3 aliphatic rings. The first-order valence-electron chi connectivity index (χ1n) is 17.1. The van der Waals surface area contributed by atoms with Gasteiger partial charge in [-0.05, 0) is 60.0 Å². The molecule has 3 amide bonds. The van der Waals surface area contributed by atoms with E-state index in [-0.39, 0.29) is 18.2 Å². The standard InChI is InChI=1S/C37H41BN4O8/c1-39-29-8-7-26(27(22-29)20-25-6-9-32-28(21-25)24-50-38(32)46)12-15-48-17-19-49-18-16-47-14-3-13-40-33-5-2-4-30-31(33)23-42(37(30)45)34-10-11-35(43)41-36(34)44/h2,4-9,21-22,34,40,46H,3,10-20,23-24H2,(H,41,43,44). The van der Waals surface area contributed by atoms with Crippen LogP contribution in [0.1, 0.15) is 57.4 Å². The minimum atomic E-state index is -0.857. The number of carbonyl (C=O) groups is 3. The highest BCUT2D eigenvalue weighted by molar-refractivity contribution is 6.61. The van der Waals surface area contributed by atoms with E-state index in [0.717, 1.165) is 51.8 Å². The maximum Gasteiger partial charge on any atom is 0.491 e. The SMILES string of the molecule is [C-]#[N+]c1ccc(CCOCCOCCOCCCNc2cccc3c2CN(C2CCC(=O)NC2=O)C3=O)c(Cc2ccc3c(c2)COB3O)c1. The second kappa shape index (κ2) is 16.9.